The van der Waals surface area contributed by atoms with E-state index < -0.39 is 5.97 Å². The zero-order valence-corrected chi connectivity index (χ0v) is 16.6. The minimum Gasteiger partial charge on any atom is -0.481 e. The van der Waals surface area contributed by atoms with E-state index in [9.17, 15) is 9.59 Å². The molecule has 27 heavy (non-hydrogen) atoms. The standard InChI is InChI=1S/C21H19NO3S2/c1-13(2)16-7-3-14(4-8-16)11-18-20(25)22(21(26)27-18)17-9-5-15(6-10-17)12-19(23)24/h3-11,13H,12H2,1-2H3,(H,23,24)/b18-11-. The van der Waals surface area contributed by atoms with Crippen LogP contribution in [0.15, 0.2) is 53.4 Å². The summed E-state index contributed by atoms with van der Waals surface area (Å²) in [7, 11) is 0. The molecule has 1 saturated heterocycles. The van der Waals surface area contributed by atoms with E-state index in [1.54, 1.807) is 24.3 Å². The van der Waals surface area contributed by atoms with Crippen molar-refractivity contribution in [3.8, 4) is 0 Å². The zero-order valence-electron chi connectivity index (χ0n) is 15.0. The molecule has 0 aromatic heterocycles. The summed E-state index contributed by atoms with van der Waals surface area (Å²) in [4.78, 5) is 25.7. The van der Waals surface area contributed by atoms with Crippen LogP contribution in [0.3, 0.4) is 0 Å². The lowest BCUT2D eigenvalue weighted by atomic mass is 10.0. The summed E-state index contributed by atoms with van der Waals surface area (Å²) in [6.07, 6.45) is 1.80. The van der Waals surface area contributed by atoms with Gasteiger partial charge in [-0.3, -0.25) is 14.5 Å². The molecule has 0 spiro atoms. The van der Waals surface area contributed by atoms with Crippen LogP contribution in [0.5, 0.6) is 0 Å². The number of benzene rings is 2. The quantitative estimate of drug-likeness (QED) is 0.578. The van der Waals surface area contributed by atoms with E-state index >= 15 is 0 Å². The number of hydrogen-bond acceptors (Lipinski definition) is 4. The number of carbonyl (C=O) groups excluding carboxylic acids is 1. The van der Waals surface area contributed by atoms with Crippen LogP contribution in [0.2, 0.25) is 0 Å². The van der Waals surface area contributed by atoms with Crippen molar-refractivity contribution >= 4 is 51.9 Å². The number of carboxylic acids is 1. The van der Waals surface area contributed by atoms with Crippen molar-refractivity contribution < 1.29 is 14.7 Å². The Hall–Kier alpha value is -2.44. The molecule has 0 atom stereocenters. The molecule has 0 bridgehead atoms. The van der Waals surface area contributed by atoms with Gasteiger partial charge in [-0.25, -0.2) is 0 Å². The van der Waals surface area contributed by atoms with Gasteiger partial charge in [0.2, 0.25) is 0 Å². The number of carbonyl (C=O) groups is 2. The molecule has 3 rings (SSSR count). The summed E-state index contributed by atoms with van der Waals surface area (Å²) >= 11 is 6.66. The fourth-order valence-electron chi connectivity index (χ4n) is 2.76. The van der Waals surface area contributed by atoms with Gasteiger partial charge in [-0.2, -0.15) is 0 Å². The average Bonchev–Trinajstić information content (AvgIpc) is 2.89. The molecule has 0 radical (unpaired) electrons. The van der Waals surface area contributed by atoms with Crippen LogP contribution in [-0.2, 0) is 16.0 Å². The second kappa shape index (κ2) is 8.06. The molecule has 1 N–H and O–H groups in total. The van der Waals surface area contributed by atoms with E-state index in [-0.39, 0.29) is 12.3 Å². The van der Waals surface area contributed by atoms with Gasteiger partial charge in [-0.15, -0.1) is 0 Å². The molecular weight excluding hydrogens is 378 g/mol. The summed E-state index contributed by atoms with van der Waals surface area (Å²) in [5.41, 5.74) is 3.53. The normalized spacial score (nSPS) is 15.8. The Kier molecular flexibility index (Phi) is 5.77. The van der Waals surface area contributed by atoms with Crippen LogP contribution in [0.4, 0.5) is 5.69 Å². The van der Waals surface area contributed by atoms with Crippen LogP contribution in [0.1, 0.15) is 36.5 Å². The van der Waals surface area contributed by atoms with Crippen molar-refractivity contribution in [3.05, 3.63) is 70.1 Å². The van der Waals surface area contributed by atoms with Gasteiger partial charge in [-0.1, -0.05) is 74.2 Å². The monoisotopic (exact) mass is 397 g/mol. The highest BCUT2D eigenvalue weighted by Crippen LogP contribution is 2.36. The Morgan fingerprint density at radius 3 is 2.33 bits per heavy atom. The number of carboxylic acid groups (broad SMARTS) is 1. The lowest BCUT2D eigenvalue weighted by Crippen LogP contribution is -2.27. The molecule has 1 heterocycles. The molecule has 2 aromatic rings. The Bertz CT molecular complexity index is 915. The van der Waals surface area contributed by atoms with E-state index in [1.807, 2.05) is 18.2 Å². The highest BCUT2D eigenvalue weighted by molar-refractivity contribution is 8.27. The predicted octanol–water partition coefficient (Wildman–Crippen LogP) is 4.84. The molecule has 1 fully saturated rings. The van der Waals surface area contributed by atoms with Crippen LogP contribution in [0, 0.1) is 0 Å². The molecule has 1 aliphatic heterocycles. The Labute approximate surface area is 167 Å². The fourth-order valence-corrected chi connectivity index (χ4v) is 4.06. The minimum absolute atomic E-state index is 0.0506. The van der Waals surface area contributed by atoms with Gasteiger partial charge in [0.1, 0.15) is 0 Å². The lowest BCUT2D eigenvalue weighted by Gasteiger charge is -2.14. The number of thiocarbonyl (C=S) groups is 1. The van der Waals surface area contributed by atoms with Gasteiger partial charge >= 0.3 is 5.97 Å². The third-order valence-corrected chi connectivity index (χ3v) is 5.55. The van der Waals surface area contributed by atoms with Crippen molar-refractivity contribution in [1.82, 2.24) is 0 Å². The second-order valence-corrected chi connectivity index (χ2v) is 8.25. The number of aliphatic carboxylic acids is 1. The molecule has 0 unspecified atom stereocenters. The van der Waals surface area contributed by atoms with Crippen LogP contribution in [-0.4, -0.2) is 21.3 Å². The fraction of sp³-hybridized carbons (Fsp3) is 0.190. The van der Waals surface area contributed by atoms with Gasteiger partial charge < -0.3 is 5.11 Å². The summed E-state index contributed by atoms with van der Waals surface area (Å²) in [6.45, 7) is 4.28. The molecular formula is C21H19NO3S2. The van der Waals surface area contributed by atoms with Crippen molar-refractivity contribution in [2.45, 2.75) is 26.2 Å². The Balaban J connectivity index is 1.81. The average molecular weight is 398 g/mol. The number of rotatable bonds is 5. The number of hydrogen-bond donors (Lipinski definition) is 1. The first kappa shape index (κ1) is 19.3. The van der Waals surface area contributed by atoms with Crippen LogP contribution in [0.25, 0.3) is 6.08 Å². The molecule has 6 heteroatoms. The zero-order chi connectivity index (χ0) is 19.6. The summed E-state index contributed by atoms with van der Waals surface area (Å²) < 4.78 is 0.469. The smallest absolute Gasteiger partial charge is 0.307 e. The molecule has 2 aromatic carbocycles. The molecule has 1 aliphatic rings. The maximum Gasteiger partial charge on any atom is 0.307 e. The molecule has 0 saturated carbocycles. The van der Waals surface area contributed by atoms with E-state index in [0.29, 0.717) is 26.4 Å². The van der Waals surface area contributed by atoms with Gasteiger partial charge in [0.05, 0.1) is 17.0 Å². The van der Waals surface area contributed by atoms with Crippen molar-refractivity contribution in [2.75, 3.05) is 4.90 Å². The predicted molar refractivity (Wildman–Crippen MR) is 114 cm³/mol. The highest BCUT2D eigenvalue weighted by Gasteiger charge is 2.33. The number of amides is 1. The van der Waals surface area contributed by atoms with Crippen molar-refractivity contribution in [3.63, 3.8) is 0 Å². The summed E-state index contributed by atoms with van der Waals surface area (Å²) in [5.74, 6) is -0.593. The van der Waals surface area contributed by atoms with Crippen LogP contribution >= 0.6 is 24.0 Å². The first-order valence-electron chi connectivity index (χ1n) is 8.54. The second-order valence-electron chi connectivity index (χ2n) is 6.58. The Morgan fingerprint density at radius 1 is 1.15 bits per heavy atom. The maximum atomic E-state index is 12.8. The van der Waals surface area contributed by atoms with Crippen molar-refractivity contribution in [1.29, 1.82) is 0 Å². The maximum absolute atomic E-state index is 12.8. The van der Waals surface area contributed by atoms with Crippen LogP contribution < -0.4 is 4.90 Å². The largest absolute Gasteiger partial charge is 0.481 e. The molecule has 1 amide bonds. The van der Waals surface area contributed by atoms with E-state index in [0.717, 1.165) is 5.56 Å². The van der Waals surface area contributed by atoms with E-state index in [2.05, 4.69) is 26.0 Å². The van der Waals surface area contributed by atoms with E-state index in [1.165, 1.54) is 22.2 Å². The van der Waals surface area contributed by atoms with Crippen molar-refractivity contribution in [2.24, 2.45) is 0 Å². The number of nitrogens with zero attached hydrogens (tertiary/aromatic N) is 1. The number of thioether (sulfide) groups is 1. The molecule has 0 aliphatic carbocycles. The lowest BCUT2D eigenvalue weighted by molar-refractivity contribution is -0.136. The first-order valence-corrected chi connectivity index (χ1v) is 9.76. The first-order chi connectivity index (χ1) is 12.8. The number of anilines is 1. The van der Waals surface area contributed by atoms with Gasteiger partial charge in [0.25, 0.3) is 5.91 Å². The third-order valence-electron chi connectivity index (χ3n) is 4.24. The van der Waals surface area contributed by atoms with Gasteiger partial charge in [0.15, 0.2) is 4.32 Å². The topological polar surface area (TPSA) is 57.6 Å². The highest BCUT2D eigenvalue weighted by atomic mass is 32.2. The molecule has 4 nitrogen and oxygen atoms in total. The van der Waals surface area contributed by atoms with Gasteiger partial charge in [0, 0.05) is 0 Å². The Morgan fingerprint density at radius 2 is 1.78 bits per heavy atom. The third kappa shape index (κ3) is 4.46. The van der Waals surface area contributed by atoms with E-state index in [4.69, 9.17) is 17.3 Å². The van der Waals surface area contributed by atoms with Gasteiger partial charge in [-0.05, 0) is 40.8 Å². The summed E-state index contributed by atoms with van der Waals surface area (Å²) in [6, 6.07) is 15.0. The molecule has 138 valence electrons. The SMILES string of the molecule is CC(C)c1ccc(/C=C2\SC(=S)N(c3ccc(CC(=O)O)cc3)C2=O)cc1. The minimum atomic E-state index is -0.889. The summed E-state index contributed by atoms with van der Waals surface area (Å²) in [5, 5.41) is 8.86.